The smallest absolute Gasteiger partial charge is 0.224 e. The van der Waals surface area contributed by atoms with Crippen LogP contribution in [0.25, 0.3) is 0 Å². The van der Waals surface area contributed by atoms with E-state index in [9.17, 15) is 4.79 Å². The van der Waals surface area contributed by atoms with Crippen molar-refractivity contribution in [1.29, 1.82) is 0 Å². The van der Waals surface area contributed by atoms with Crippen LogP contribution < -0.4 is 14.8 Å². The molecule has 3 aliphatic rings. The number of likely N-dealkylation sites (tertiary alicyclic amines) is 1. The van der Waals surface area contributed by atoms with Crippen LogP contribution in [0.3, 0.4) is 0 Å². The zero-order chi connectivity index (χ0) is 15.8. The molecule has 1 amide bonds. The average molecular weight is 316 g/mol. The molecule has 5 nitrogen and oxygen atoms in total. The molecule has 1 saturated carbocycles. The first-order valence-corrected chi connectivity index (χ1v) is 8.61. The van der Waals surface area contributed by atoms with Gasteiger partial charge in [-0.3, -0.25) is 4.79 Å². The van der Waals surface area contributed by atoms with E-state index in [-0.39, 0.29) is 12.1 Å². The maximum absolute atomic E-state index is 12.2. The van der Waals surface area contributed by atoms with Gasteiger partial charge in [0.15, 0.2) is 0 Å². The van der Waals surface area contributed by atoms with E-state index in [0.29, 0.717) is 18.4 Å². The number of amides is 1. The van der Waals surface area contributed by atoms with E-state index >= 15 is 0 Å². The van der Waals surface area contributed by atoms with Gasteiger partial charge in [0, 0.05) is 36.7 Å². The van der Waals surface area contributed by atoms with Crippen LogP contribution in [0.2, 0.25) is 0 Å². The molecule has 1 aromatic carbocycles. The van der Waals surface area contributed by atoms with Gasteiger partial charge in [0.1, 0.15) is 11.5 Å². The zero-order valence-electron chi connectivity index (χ0n) is 13.6. The maximum Gasteiger partial charge on any atom is 0.224 e. The minimum Gasteiger partial charge on any atom is -0.497 e. The number of rotatable bonds is 4. The van der Waals surface area contributed by atoms with Crippen LogP contribution in [0, 0.1) is 0 Å². The van der Waals surface area contributed by atoms with Gasteiger partial charge in [-0.1, -0.05) is 0 Å². The largest absolute Gasteiger partial charge is 0.497 e. The highest BCUT2D eigenvalue weighted by atomic mass is 16.5. The Hall–Kier alpha value is -1.75. The number of carbonyl (C=O) groups excluding carboxylic acids is 1. The highest BCUT2D eigenvalue weighted by Crippen LogP contribution is 2.36. The van der Waals surface area contributed by atoms with Crippen molar-refractivity contribution >= 4 is 5.91 Å². The third-order valence-electron chi connectivity index (χ3n) is 5.07. The molecular weight excluding hydrogens is 292 g/mol. The molecule has 1 saturated heterocycles. The van der Waals surface area contributed by atoms with Crippen LogP contribution in [0.1, 0.15) is 43.7 Å². The monoisotopic (exact) mass is 316 g/mol. The minimum absolute atomic E-state index is 0.222. The molecular formula is C18H24N2O3. The summed E-state index contributed by atoms with van der Waals surface area (Å²) in [6.07, 6.45) is 5.01. The number of methoxy groups -OCH3 is 1. The zero-order valence-corrected chi connectivity index (χ0v) is 13.6. The lowest BCUT2D eigenvalue weighted by molar-refractivity contribution is -0.128. The Kier molecular flexibility index (Phi) is 3.89. The van der Waals surface area contributed by atoms with Crippen molar-refractivity contribution in [3.05, 3.63) is 23.8 Å². The Morgan fingerprint density at radius 1 is 1.30 bits per heavy atom. The summed E-state index contributed by atoms with van der Waals surface area (Å²) in [7, 11) is 1.69. The molecule has 0 aromatic heterocycles. The average Bonchev–Trinajstić information content (AvgIpc) is 3.35. The Morgan fingerprint density at radius 2 is 2.17 bits per heavy atom. The number of hydrogen-bond donors (Lipinski definition) is 1. The summed E-state index contributed by atoms with van der Waals surface area (Å²) < 4.78 is 11.2. The SMILES string of the molecule is COc1ccc2c(c1)[C@H](N[C@@H]1CC(=O)N(C3CC3)C1)CCCO2. The van der Waals surface area contributed by atoms with Crippen molar-refractivity contribution < 1.29 is 14.3 Å². The minimum atomic E-state index is 0.222. The Morgan fingerprint density at radius 3 is 2.96 bits per heavy atom. The number of hydrogen-bond acceptors (Lipinski definition) is 4. The number of nitrogens with zero attached hydrogens (tertiary/aromatic N) is 1. The molecule has 1 aromatic rings. The molecule has 1 aliphatic carbocycles. The quantitative estimate of drug-likeness (QED) is 0.926. The van der Waals surface area contributed by atoms with Crippen molar-refractivity contribution in [3.63, 3.8) is 0 Å². The fraction of sp³-hybridized carbons (Fsp3) is 0.611. The van der Waals surface area contributed by atoms with Crippen LogP contribution in [0.4, 0.5) is 0 Å². The van der Waals surface area contributed by atoms with E-state index < -0.39 is 0 Å². The number of fused-ring (bicyclic) bond motifs is 1. The molecule has 0 bridgehead atoms. The number of nitrogens with one attached hydrogen (secondary N) is 1. The van der Waals surface area contributed by atoms with Gasteiger partial charge in [-0.15, -0.1) is 0 Å². The van der Waals surface area contributed by atoms with Crippen molar-refractivity contribution in [2.24, 2.45) is 0 Å². The summed E-state index contributed by atoms with van der Waals surface area (Å²) in [6.45, 7) is 1.59. The van der Waals surface area contributed by atoms with Gasteiger partial charge in [0.25, 0.3) is 0 Å². The molecule has 4 rings (SSSR count). The van der Waals surface area contributed by atoms with Gasteiger partial charge in [0.2, 0.25) is 5.91 Å². The molecule has 23 heavy (non-hydrogen) atoms. The van der Waals surface area contributed by atoms with E-state index in [2.05, 4.69) is 16.3 Å². The van der Waals surface area contributed by atoms with Gasteiger partial charge in [-0.05, 0) is 43.9 Å². The fourth-order valence-corrected chi connectivity index (χ4v) is 3.72. The van der Waals surface area contributed by atoms with Gasteiger partial charge in [0.05, 0.1) is 13.7 Å². The normalized spacial score (nSPS) is 27.3. The molecule has 5 heteroatoms. The molecule has 0 radical (unpaired) electrons. The number of carbonyl (C=O) groups is 1. The molecule has 2 aliphatic heterocycles. The van der Waals surface area contributed by atoms with Crippen molar-refractivity contribution in [2.45, 2.75) is 50.2 Å². The number of benzene rings is 1. The van der Waals surface area contributed by atoms with E-state index in [1.165, 1.54) is 12.8 Å². The third-order valence-corrected chi connectivity index (χ3v) is 5.07. The predicted octanol–water partition coefficient (Wildman–Crippen LogP) is 2.26. The van der Waals surface area contributed by atoms with Crippen molar-refractivity contribution in [3.8, 4) is 11.5 Å². The van der Waals surface area contributed by atoms with Crippen LogP contribution in [-0.2, 0) is 4.79 Å². The van der Waals surface area contributed by atoms with Crippen molar-refractivity contribution in [2.75, 3.05) is 20.3 Å². The first kappa shape index (κ1) is 14.8. The third kappa shape index (κ3) is 3.02. The second kappa shape index (κ2) is 6.04. The van der Waals surface area contributed by atoms with Crippen LogP contribution >= 0.6 is 0 Å². The Bertz CT molecular complexity index is 600. The molecule has 1 N–H and O–H groups in total. The second-order valence-corrected chi connectivity index (χ2v) is 6.79. The summed E-state index contributed by atoms with van der Waals surface area (Å²) >= 11 is 0. The molecule has 2 atom stereocenters. The first-order chi connectivity index (χ1) is 11.2. The number of ether oxygens (including phenoxy) is 2. The van der Waals surface area contributed by atoms with E-state index in [1.54, 1.807) is 7.11 Å². The molecule has 0 spiro atoms. The molecule has 2 heterocycles. The summed E-state index contributed by atoms with van der Waals surface area (Å²) in [6, 6.07) is 6.97. The molecule has 2 fully saturated rings. The summed E-state index contributed by atoms with van der Waals surface area (Å²) in [5.41, 5.74) is 1.15. The predicted molar refractivity (Wildman–Crippen MR) is 86.7 cm³/mol. The fourth-order valence-electron chi connectivity index (χ4n) is 3.72. The topological polar surface area (TPSA) is 50.8 Å². The lowest BCUT2D eigenvalue weighted by Crippen LogP contribution is -2.36. The first-order valence-electron chi connectivity index (χ1n) is 8.61. The lowest BCUT2D eigenvalue weighted by Gasteiger charge is -2.23. The van der Waals surface area contributed by atoms with Crippen LogP contribution in [0.15, 0.2) is 18.2 Å². The summed E-state index contributed by atoms with van der Waals surface area (Å²) in [5, 5.41) is 3.71. The lowest BCUT2D eigenvalue weighted by atomic mass is 10.0. The van der Waals surface area contributed by atoms with Gasteiger partial charge >= 0.3 is 0 Å². The van der Waals surface area contributed by atoms with E-state index in [1.807, 2.05) is 12.1 Å². The Labute approximate surface area is 136 Å². The van der Waals surface area contributed by atoms with Crippen LogP contribution in [0.5, 0.6) is 11.5 Å². The molecule has 0 unspecified atom stereocenters. The summed E-state index contributed by atoms with van der Waals surface area (Å²) in [5.74, 6) is 2.09. The maximum atomic E-state index is 12.2. The van der Waals surface area contributed by atoms with E-state index in [4.69, 9.17) is 9.47 Å². The van der Waals surface area contributed by atoms with Gasteiger partial charge < -0.3 is 19.7 Å². The second-order valence-electron chi connectivity index (χ2n) is 6.79. The highest BCUT2D eigenvalue weighted by molar-refractivity contribution is 5.80. The van der Waals surface area contributed by atoms with Crippen molar-refractivity contribution in [1.82, 2.24) is 10.2 Å². The van der Waals surface area contributed by atoms with Crippen LogP contribution in [-0.4, -0.2) is 43.2 Å². The standard InChI is InChI=1S/C18H24N2O3/c1-22-14-6-7-17-15(10-14)16(3-2-8-23-17)19-12-9-18(21)20(11-12)13-4-5-13/h6-7,10,12-13,16,19H,2-5,8-9,11H2,1H3/t12-,16-/m1/s1. The summed E-state index contributed by atoms with van der Waals surface area (Å²) in [4.78, 5) is 14.2. The highest BCUT2D eigenvalue weighted by Gasteiger charge is 2.40. The van der Waals surface area contributed by atoms with Gasteiger partial charge in [-0.25, -0.2) is 0 Å². The van der Waals surface area contributed by atoms with E-state index in [0.717, 1.165) is 43.1 Å². The van der Waals surface area contributed by atoms with Gasteiger partial charge in [-0.2, -0.15) is 0 Å². The Balaban J connectivity index is 1.51. The molecule has 124 valence electrons.